The molecule has 2 aromatic carbocycles. The number of hydrogen-bond acceptors (Lipinski definition) is 5. The van der Waals surface area contributed by atoms with Crippen LogP contribution < -0.4 is 4.74 Å². The van der Waals surface area contributed by atoms with E-state index >= 15 is 0 Å². The molecule has 3 aromatic rings. The van der Waals surface area contributed by atoms with Gasteiger partial charge < -0.3 is 23.8 Å². The first kappa shape index (κ1) is 24.0. The van der Waals surface area contributed by atoms with Gasteiger partial charge in [-0.3, -0.25) is 0 Å². The van der Waals surface area contributed by atoms with Gasteiger partial charge in [0.1, 0.15) is 18.2 Å². The predicted molar refractivity (Wildman–Crippen MR) is 142 cm³/mol. The topological polar surface area (TPSA) is 59.8 Å². The number of aromatic nitrogens is 2. The Bertz CT molecular complexity index is 1310. The van der Waals surface area contributed by atoms with Crippen LogP contribution in [0.2, 0.25) is 0 Å². The van der Waals surface area contributed by atoms with Crippen molar-refractivity contribution in [1.82, 2.24) is 19.4 Å². The van der Waals surface area contributed by atoms with E-state index in [1.807, 2.05) is 47.4 Å². The van der Waals surface area contributed by atoms with Crippen LogP contribution in [0.25, 0.3) is 11.3 Å². The highest BCUT2D eigenvalue weighted by molar-refractivity contribution is 5.73. The molecule has 1 atom stereocenters. The van der Waals surface area contributed by atoms with Gasteiger partial charge in [-0.2, -0.15) is 0 Å². The molecule has 1 spiro atoms. The molecule has 0 saturated carbocycles. The maximum atomic E-state index is 12.9. The summed E-state index contributed by atoms with van der Waals surface area (Å²) in [4.78, 5) is 22.4. The molecule has 2 fully saturated rings. The first-order valence-corrected chi connectivity index (χ1v) is 13.3. The Morgan fingerprint density at radius 2 is 1.76 bits per heavy atom. The summed E-state index contributed by atoms with van der Waals surface area (Å²) in [5.74, 6) is 2.38. The van der Waals surface area contributed by atoms with Crippen molar-refractivity contribution >= 4 is 6.09 Å². The number of nitrogens with zero attached hydrogens (tertiary/aromatic N) is 4. The zero-order valence-corrected chi connectivity index (χ0v) is 22.2. The maximum Gasteiger partial charge on any atom is 0.410 e. The highest BCUT2D eigenvalue weighted by Crippen LogP contribution is 2.50. The minimum Gasteiger partial charge on any atom is -0.480 e. The number of carbonyl (C=O) groups is 1. The van der Waals surface area contributed by atoms with Crippen molar-refractivity contribution in [1.29, 1.82) is 0 Å². The van der Waals surface area contributed by atoms with Gasteiger partial charge >= 0.3 is 6.09 Å². The van der Waals surface area contributed by atoms with E-state index in [1.165, 1.54) is 0 Å². The lowest BCUT2D eigenvalue weighted by molar-refractivity contribution is -0.0116. The number of likely N-dealkylation sites (N-methyl/N-ethyl adjacent to an activating group) is 1. The minimum absolute atomic E-state index is 0.147. The van der Waals surface area contributed by atoms with Gasteiger partial charge in [-0.25, -0.2) is 9.78 Å². The second kappa shape index (κ2) is 8.91. The molecular formula is C30H36N4O3. The molecule has 3 aliphatic heterocycles. The van der Waals surface area contributed by atoms with Gasteiger partial charge in [0.25, 0.3) is 0 Å². The van der Waals surface area contributed by atoms with E-state index < -0.39 is 5.60 Å². The summed E-state index contributed by atoms with van der Waals surface area (Å²) in [5.41, 5.74) is 3.86. The molecule has 37 heavy (non-hydrogen) atoms. The van der Waals surface area contributed by atoms with Gasteiger partial charge in [-0.05, 0) is 45.0 Å². The molecule has 2 saturated heterocycles. The summed E-state index contributed by atoms with van der Waals surface area (Å²) in [5, 5.41) is 0. The van der Waals surface area contributed by atoms with Crippen molar-refractivity contribution < 1.29 is 14.3 Å². The summed E-state index contributed by atoms with van der Waals surface area (Å²) < 4.78 is 14.7. The van der Waals surface area contributed by atoms with Crippen molar-refractivity contribution in [3.8, 4) is 17.0 Å². The molecule has 7 heteroatoms. The van der Waals surface area contributed by atoms with Crippen LogP contribution in [0.1, 0.15) is 56.1 Å². The number of para-hydroxylation sites is 1. The second-order valence-corrected chi connectivity index (χ2v) is 11.4. The van der Waals surface area contributed by atoms with Gasteiger partial charge in [0.2, 0.25) is 0 Å². The molecule has 7 nitrogen and oxygen atoms in total. The zero-order valence-electron chi connectivity index (χ0n) is 22.2. The molecular weight excluding hydrogens is 464 g/mol. The van der Waals surface area contributed by atoms with Gasteiger partial charge in [0.05, 0.1) is 11.4 Å². The average Bonchev–Trinajstić information content (AvgIpc) is 3.39. The summed E-state index contributed by atoms with van der Waals surface area (Å²) in [6, 6.07) is 18.0. The molecule has 0 N–H and O–H groups in total. The molecule has 0 aliphatic carbocycles. The third-order valence-corrected chi connectivity index (χ3v) is 8.68. The number of carbonyl (C=O) groups excluding carboxylic acids is 1. The van der Waals surface area contributed by atoms with Crippen molar-refractivity contribution in [2.45, 2.75) is 56.8 Å². The number of hydrogen-bond donors (Lipinski definition) is 0. The fourth-order valence-corrected chi connectivity index (χ4v) is 6.37. The lowest BCUT2D eigenvalue weighted by atomic mass is 9.83. The fraction of sp³-hybridized carbons (Fsp3) is 0.467. The van der Waals surface area contributed by atoms with Crippen molar-refractivity contribution in [3.63, 3.8) is 0 Å². The van der Waals surface area contributed by atoms with Gasteiger partial charge in [-0.15, -0.1) is 0 Å². The quantitative estimate of drug-likeness (QED) is 0.488. The minimum atomic E-state index is -0.514. The standard InChI is InChI=1S/C30H36N4O3/c1-29(2)18-22(19-32(29)3)27-31-25-23-12-8-9-13-24(23)37-30(26(25)33(27)4)14-16-34(17-15-30)28(35)36-20-21-10-6-5-7-11-21/h5-13,22H,14-20H2,1-4H3. The predicted octanol–water partition coefficient (Wildman–Crippen LogP) is 5.31. The van der Waals surface area contributed by atoms with Gasteiger partial charge in [-0.1, -0.05) is 42.5 Å². The smallest absolute Gasteiger partial charge is 0.410 e. The maximum absolute atomic E-state index is 12.9. The number of rotatable bonds is 3. The van der Waals surface area contributed by atoms with E-state index in [9.17, 15) is 4.79 Å². The summed E-state index contributed by atoms with van der Waals surface area (Å²) in [6.07, 6.45) is 2.20. The Morgan fingerprint density at radius 3 is 2.46 bits per heavy atom. The Kier molecular flexibility index (Phi) is 5.79. The van der Waals surface area contributed by atoms with Crippen molar-refractivity contribution in [2.24, 2.45) is 7.05 Å². The van der Waals surface area contributed by atoms with Crippen LogP contribution in [0.5, 0.6) is 5.75 Å². The van der Waals surface area contributed by atoms with Crippen LogP contribution in [0.15, 0.2) is 54.6 Å². The molecule has 4 heterocycles. The number of fused-ring (bicyclic) bond motifs is 4. The van der Waals surface area contributed by atoms with Crippen LogP contribution in [0.4, 0.5) is 4.79 Å². The largest absolute Gasteiger partial charge is 0.480 e. The third-order valence-electron chi connectivity index (χ3n) is 8.68. The lowest BCUT2D eigenvalue weighted by Gasteiger charge is -2.44. The molecule has 1 aromatic heterocycles. The average molecular weight is 501 g/mol. The molecule has 194 valence electrons. The van der Waals surface area contributed by atoms with E-state index in [2.05, 4.69) is 49.5 Å². The van der Waals surface area contributed by atoms with Crippen molar-refractivity contribution in [3.05, 3.63) is 71.7 Å². The highest BCUT2D eigenvalue weighted by Gasteiger charge is 2.49. The molecule has 1 unspecified atom stereocenters. The van der Waals surface area contributed by atoms with Crippen LogP contribution in [0.3, 0.4) is 0 Å². The normalized spacial score (nSPS) is 21.8. The second-order valence-electron chi connectivity index (χ2n) is 11.4. The van der Waals surface area contributed by atoms with E-state index in [1.54, 1.807) is 0 Å². The Morgan fingerprint density at radius 1 is 1.05 bits per heavy atom. The Balaban J connectivity index is 1.27. The van der Waals surface area contributed by atoms with Crippen LogP contribution >= 0.6 is 0 Å². The van der Waals surface area contributed by atoms with E-state index in [-0.39, 0.29) is 18.2 Å². The summed E-state index contributed by atoms with van der Waals surface area (Å²) >= 11 is 0. The number of likely N-dealkylation sites (tertiary alicyclic amines) is 2. The van der Waals surface area contributed by atoms with E-state index in [4.69, 9.17) is 14.5 Å². The number of ether oxygens (including phenoxy) is 2. The lowest BCUT2D eigenvalue weighted by Crippen LogP contribution is -2.50. The summed E-state index contributed by atoms with van der Waals surface area (Å²) in [6.45, 7) is 7.05. The Hall–Kier alpha value is -3.32. The van der Waals surface area contributed by atoms with Crippen molar-refractivity contribution in [2.75, 3.05) is 26.7 Å². The van der Waals surface area contributed by atoms with E-state index in [0.717, 1.165) is 47.1 Å². The van der Waals surface area contributed by atoms with Gasteiger partial charge in [0, 0.05) is 56.5 Å². The third kappa shape index (κ3) is 4.09. The number of benzene rings is 2. The fourth-order valence-electron chi connectivity index (χ4n) is 6.37. The Labute approximate surface area is 219 Å². The molecule has 3 aliphatic rings. The molecule has 1 amide bonds. The number of imidazole rings is 1. The van der Waals surface area contributed by atoms with Gasteiger partial charge in [0.15, 0.2) is 5.60 Å². The molecule has 0 bridgehead atoms. The number of piperidine rings is 1. The first-order chi connectivity index (χ1) is 17.8. The molecule has 0 radical (unpaired) electrons. The zero-order chi connectivity index (χ0) is 25.8. The number of amides is 1. The van der Waals surface area contributed by atoms with Crippen LogP contribution in [-0.2, 0) is 24.0 Å². The highest BCUT2D eigenvalue weighted by atomic mass is 16.6. The first-order valence-electron chi connectivity index (χ1n) is 13.3. The van der Waals surface area contributed by atoms with Crippen LogP contribution in [0, 0.1) is 0 Å². The molecule has 6 rings (SSSR count). The van der Waals surface area contributed by atoms with E-state index in [0.29, 0.717) is 31.8 Å². The SMILES string of the molecule is CN1CC(c2nc3c(n2C)C2(CCN(C(=O)OCc4ccccc4)CC2)Oc2ccccc2-3)CC1(C)C. The van der Waals surface area contributed by atoms with Crippen LogP contribution in [-0.4, -0.2) is 57.7 Å². The monoisotopic (exact) mass is 500 g/mol. The summed E-state index contributed by atoms with van der Waals surface area (Å²) in [7, 11) is 4.35.